The van der Waals surface area contributed by atoms with Crippen molar-refractivity contribution in [3.63, 3.8) is 0 Å². The highest BCUT2D eigenvalue weighted by molar-refractivity contribution is 6.70. The van der Waals surface area contributed by atoms with Gasteiger partial charge in [-0.1, -0.05) is 6.07 Å². The highest BCUT2D eigenvalue weighted by Crippen LogP contribution is 2.15. The van der Waals surface area contributed by atoms with Gasteiger partial charge in [0.1, 0.15) is 24.0 Å². The highest BCUT2D eigenvalue weighted by atomic mass is 16.3. The van der Waals surface area contributed by atoms with Gasteiger partial charge in [0.05, 0.1) is 0 Å². The van der Waals surface area contributed by atoms with Gasteiger partial charge < -0.3 is 16.2 Å². The molecule has 0 aromatic heterocycles. The molecule has 1 aromatic rings. The summed E-state index contributed by atoms with van der Waals surface area (Å²) in [5.74, 6) is 1.09. The molecule has 1 aliphatic rings. The average Bonchev–Trinajstić information content (AvgIpc) is 2.72. The maximum Gasteiger partial charge on any atom is 0.154 e. The second-order valence-electron chi connectivity index (χ2n) is 3.44. The van der Waals surface area contributed by atoms with Crippen molar-refractivity contribution in [3.8, 4) is 5.75 Å². The molecular weight excluding hydrogens is 218 g/mol. The van der Waals surface area contributed by atoms with E-state index in [0.29, 0.717) is 29.7 Å². The summed E-state index contributed by atoms with van der Waals surface area (Å²) < 4.78 is 0. The predicted octanol–water partition coefficient (Wildman–Crippen LogP) is 0.602. The number of hydrogen-bond donors (Lipinski definition) is 3. The fourth-order valence-electron chi connectivity index (χ4n) is 1.48. The number of phenolic OH excluding ortho intramolecular Hbond substituents is 1. The van der Waals surface area contributed by atoms with Crippen molar-refractivity contribution in [1.82, 2.24) is 0 Å². The van der Waals surface area contributed by atoms with Crippen molar-refractivity contribution >= 4 is 23.1 Å². The van der Waals surface area contributed by atoms with Gasteiger partial charge in [-0.3, -0.25) is 9.98 Å². The maximum atomic E-state index is 9.36. The first kappa shape index (κ1) is 11.1. The van der Waals surface area contributed by atoms with Gasteiger partial charge in [-0.05, 0) is 12.1 Å². The zero-order chi connectivity index (χ0) is 12.3. The maximum absolute atomic E-state index is 9.36. The standard InChI is InChI=1S/C11H13N5O/c1-13-11(9-10(12)15-6-14-9)16-7-3-2-4-8(17)5-7/h2-5,17H,6H2,1H3,(H2,12,15)(H,13,16). The second-order valence-corrected chi connectivity index (χ2v) is 3.44. The molecule has 0 radical (unpaired) electrons. The van der Waals surface area contributed by atoms with Crippen LogP contribution in [0.15, 0.2) is 39.2 Å². The number of benzene rings is 1. The Balaban J connectivity index is 2.20. The first-order chi connectivity index (χ1) is 8.20. The monoisotopic (exact) mass is 231 g/mol. The summed E-state index contributed by atoms with van der Waals surface area (Å²) in [7, 11) is 1.64. The summed E-state index contributed by atoms with van der Waals surface area (Å²) in [6.07, 6.45) is 0. The van der Waals surface area contributed by atoms with E-state index in [1.54, 1.807) is 25.2 Å². The third-order valence-electron chi connectivity index (χ3n) is 2.27. The largest absolute Gasteiger partial charge is 0.508 e. The number of nitrogens with two attached hydrogens (primary N) is 1. The van der Waals surface area contributed by atoms with Gasteiger partial charge in [0.2, 0.25) is 0 Å². The SMILES string of the molecule is CN=C(Nc1cccc(O)c1)C1=NCN=C1N. The molecule has 1 aliphatic heterocycles. The summed E-state index contributed by atoms with van der Waals surface area (Å²) in [5.41, 5.74) is 6.96. The minimum atomic E-state index is 0.181. The number of anilines is 1. The lowest BCUT2D eigenvalue weighted by atomic mass is 10.2. The van der Waals surface area contributed by atoms with Crippen LogP contribution >= 0.6 is 0 Å². The van der Waals surface area contributed by atoms with E-state index in [-0.39, 0.29) is 5.75 Å². The Kier molecular flexibility index (Phi) is 3.04. The van der Waals surface area contributed by atoms with Crippen LogP contribution in [0.25, 0.3) is 0 Å². The van der Waals surface area contributed by atoms with Crippen molar-refractivity contribution in [2.24, 2.45) is 20.7 Å². The highest BCUT2D eigenvalue weighted by Gasteiger charge is 2.16. The number of amidine groups is 2. The number of phenols is 1. The van der Waals surface area contributed by atoms with Crippen LogP contribution in [0.1, 0.15) is 0 Å². The Morgan fingerprint density at radius 2 is 2.29 bits per heavy atom. The van der Waals surface area contributed by atoms with Crippen molar-refractivity contribution in [2.45, 2.75) is 0 Å². The van der Waals surface area contributed by atoms with Crippen LogP contribution < -0.4 is 11.1 Å². The number of nitrogens with one attached hydrogen (secondary N) is 1. The number of aromatic hydroxyl groups is 1. The van der Waals surface area contributed by atoms with Crippen LogP contribution in [0.4, 0.5) is 5.69 Å². The molecule has 6 nitrogen and oxygen atoms in total. The molecule has 1 heterocycles. The molecular formula is C11H13N5O. The summed E-state index contributed by atoms with van der Waals surface area (Å²) in [6, 6.07) is 6.73. The molecule has 0 amide bonds. The third-order valence-corrected chi connectivity index (χ3v) is 2.27. The van der Waals surface area contributed by atoms with Crippen LogP contribution in [-0.4, -0.2) is 36.2 Å². The summed E-state index contributed by atoms with van der Waals surface area (Å²) in [4.78, 5) is 12.2. The molecule has 88 valence electrons. The Labute approximate surface area is 98.6 Å². The molecule has 0 saturated heterocycles. The zero-order valence-electron chi connectivity index (χ0n) is 9.38. The zero-order valence-corrected chi connectivity index (χ0v) is 9.38. The van der Waals surface area contributed by atoms with Gasteiger partial charge in [-0.25, -0.2) is 4.99 Å². The molecule has 1 aromatic carbocycles. The van der Waals surface area contributed by atoms with E-state index in [1.807, 2.05) is 6.07 Å². The van der Waals surface area contributed by atoms with E-state index in [2.05, 4.69) is 20.3 Å². The van der Waals surface area contributed by atoms with E-state index in [9.17, 15) is 5.11 Å². The Morgan fingerprint density at radius 3 is 2.88 bits per heavy atom. The van der Waals surface area contributed by atoms with Gasteiger partial charge in [0, 0.05) is 18.8 Å². The molecule has 0 aliphatic carbocycles. The summed E-state index contributed by atoms with van der Waals surface area (Å²) >= 11 is 0. The van der Waals surface area contributed by atoms with Crippen molar-refractivity contribution in [1.29, 1.82) is 0 Å². The Morgan fingerprint density at radius 1 is 1.47 bits per heavy atom. The molecule has 0 bridgehead atoms. The molecule has 0 saturated carbocycles. The number of hydrogen-bond acceptors (Lipinski definition) is 5. The van der Waals surface area contributed by atoms with Crippen LogP contribution in [0, 0.1) is 0 Å². The number of aliphatic imine (C=N–C) groups is 3. The third kappa shape index (κ3) is 2.41. The normalized spacial score (nSPS) is 15.5. The van der Waals surface area contributed by atoms with Gasteiger partial charge in [0.25, 0.3) is 0 Å². The predicted molar refractivity (Wildman–Crippen MR) is 69.0 cm³/mol. The van der Waals surface area contributed by atoms with Gasteiger partial charge >= 0.3 is 0 Å². The first-order valence-electron chi connectivity index (χ1n) is 5.08. The van der Waals surface area contributed by atoms with E-state index >= 15 is 0 Å². The smallest absolute Gasteiger partial charge is 0.154 e. The lowest BCUT2D eigenvalue weighted by molar-refractivity contribution is 0.475. The fourth-order valence-corrected chi connectivity index (χ4v) is 1.48. The van der Waals surface area contributed by atoms with Crippen LogP contribution in [0.2, 0.25) is 0 Å². The van der Waals surface area contributed by atoms with Crippen molar-refractivity contribution in [2.75, 3.05) is 19.0 Å². The van der Waals surface area contributed by atoms with E-state index in [1.165, 1.54) is 0 Å². The minimum absolute atomic E-state index is 0.181. The van der Waals surface area contributed by atoms with E-state index in [0.717, 1.165) is 0 Å². The van der Waals surface area contributed by atoms with Crippen LogP contribution in [0.5, 0.6) is 5.75 Å². The molecule has 2 rings (SSSR count). The molecule has 0 spiro atoms. The van der Waals surface area contributed by atoms with Crippen molar-refractivity contribution < 1.29 is 5.11 Å². The number of rotatable bonds is 2. The lowest BCUT2D eigenvalue weighted by Crippen LogP contribution is -2.33. The van der Waals surface area contributed by atoms with Crippen molar-refractivity contribution in [3.05, 3.63) is 24.3 Å². The lowest BCUT2D eigenvalue weighted by Gasteiger charge is -2.09. The van der Waals surface area contributed by atoms with E-state index in [4.69, 9.17) is 5.73 Å². The van der Waals surface area contributed by atoms with Gasteiger partial charge in [-0.2, -0.15) is 0 Å². The fraction of sp³-hybridized carbons (Fsp3) is 0.182. The molecule has 0 unspecified atom stereocenters. The summed E-state index contributed by atoms with van der Waals surface area (Å²) in [5, 5.41) is 12.4. The van der Waals surface area contributed by atoms with Crippen LogP contribution in [-0.2, 0) is 0 Å². The molecule has 4 N–H and O–H groups in total. The van der Waals surface area contributed by atoms with Crippen LogP contribution in [0.3, 0.4) is 0 Å². The number of nitrogens with zero attached hydrogens (tertiary/aromatic N) is 3. The molecule has 17 heavy (non-hydrogen) atoms. The quantitative estimate of drug-likeness (QED) is 0.513. The molecule has 6 heteroatoms. The van der Waals surface area contributed by atoms with Gasteiger partial charge in [0.15, 0.2) is 5.84 Å². The Hall–Kier alpha value is -2.37. The first-order valence-corrected chi connectivity index (χ1v) is 5.08. The molecule has 0 fully saturated rings. The average molecular weight is 231 g/mol. The second kappa shape index (κ2) is 4.65. The Bertz CT molecular complexity index is 518. The van der Waals surface area contributed by atoms with E-state index < -0.39 is 0 Å². The topological polar surface area (TPSA) is 95.4 Å². The molecule has 0 atom stereocenters. The van der Waals surface area contributed by atoms with Gasteiger partial charge in [-0.15, -0.1) is 0 Å². The minimum Gasteiger partial charge on any atom is -0.508 e. The summed E-state index contributed by atoms with van der Waals surface area (Å²) in [6.45, 7) is 0.335.